The number of aryl methyl sites for hydroxylation is 1. The Hall–Kier alpha value is -2.89. The maximum atomic E-state index is 12.5. The van der Waals surface area contributed by atoms with Crippen molar-refractivity contribution in [2.24, 2.45) is 7.05 Å². The highest BCUT2D eigenvalue weighted by Gasteiger charge is 2.15. The third-order valence-corrected chi connectivity index (χ3v) is 4.18. The standard InChI is InChI=1S/C18H21N5O/c1-13(17-11-20-22(3)14(17)2)21-18(24)16-7-4-6-15(10-16)12-23-9-5-8-19-23/h4-11,13H,12H2,1-3H3,(H,21,24). The van der Waals surface area contributed by atoms with E-state index in [1.807, 2.05) is 66.8 Å². The van der Waals surface area contributed by atoms with Gasteiger partial charge in [0.2, 0.25) is 0 Å². The summed E-state index contributed by atoms with van der Waals surface area (Å²) < 4.78 is 3.64. The number of rotatable bonds is 5. The van der Waals surface area contributed by atoms with Gasteiger partial charge in [0.15, 0.2) is 0 Å². The summed E-state index contributed by atoms with van der Waals surface area (Å²) in [5, 5.41) is 11.5. The van der Waals surface area contributed by atoms with Gasteiger partial charge in [-0.15, -0.1) is 0 Å². The Kier molecular flexibility index (Phi) is 4.46. The molecule has 0 fully saturated rings. The van der Waals surface area contributed by atoms with Gasteiger partial charge in [-0.3, -0.25) is 14.2 Å². The monoisotopic (exact) mass is 323 g/mol. The van der Waals surface area contributed by atoms with Gasteiger partial charge in [-0.2, -0.15) is 10.2 Å². The van der Waals surface area contributed by atoms with Crippen LogP contribution in [0, 0.1) is 6.92 Å². The van der Waals surface area contributed by atoms with E-state index in [1.165, 1.54) is 0 Å². The SMILES string of the molecule is Cc1c(C(C)NC(=O)c2cccc(Cn3cccn3)c2)cnn1C. The number of hydrogen-bond acceptors (Lipinski definition) is 3. The lowest BCUT2D eigenvalue weighted by Gasteiger charge is -2.14. The van der Waals surface area contributed by atoms with Gasteiger partial charge in [-0.05, 0) is 37.6 Å². The molecule has 0 aliphatic heterocycles. The lowest BCUT2D eigenvalue weighted by atomic mass is 10.1. The Balaban J connectivity index is 1.72. The van der Waals surface area contributed by atoms with Crippen LogP contribution in [0.2, 0.25) is 0 Å². The fourth-order valence-electron chi connectivity index (χ4n) is 2.69. The summed E-state index contributed by atoms with van der Waals surface area (Å²) in [4.78, 5) is 12.5. The van der Waals surface area contributed by atoms with Crippen molar-refractivity contribution in [2.45, 2.75) is 26.4 Å². The van der Waals surface area contributed by atoms with Crippen LogP contribution < -0.4 is 5.32 Å². The molecule has 6 nitrogen and oxygen atoms in total. The van der Waals surface area contributed by atoms with Crippen LogP contribution in [0.1, 0.15) is 40.1 Å². The van der Waals surface area contributed by atoms with E-state index < -0.39 is 0 Å². The number of hydrogen-bond donors (Lipinski definition) is 1. The number of amides is 1. The normalized spacial score (nSPS) is 12.1. The molecule has 0 saturated heterocycles. The summed E-state index contributed by atoms with van der Waals surface area (Å²) in [7, 11) is 1.89. The molecule has 1 amide bonds. The molecule has 2 heterocycles. The van der Waals surface area contributed by atoms with Crippen molar-refractivity contribution in [3.05, 3.63) is 71.3 Å². The Morgan fingerprint density at radius 1 is 1.29 bits per heavy atom. The second-order valence-electron chi connectivity index (χ2n) is 5.91. The van der Waals surface area contributed by atoms with E-state index in [4.69, 9.17) is 0 Å². The van der Waals surface area contributed by atoms with E-state index in [2.05, 4.69) is 15.5 Å². The molecule has 24 heavy (non-hydrogen) atoms. The number of carbonyl (C=O) groups is 1. The quantitative estimate of drug-likeness (QED) is 0.784. The minimum Gasteiger partial charge on any atom is -0.345 e. The second kappa shape index (κ2) is 6.70. The van der Waals surface area contributed by atoms with Crippen LogP contribution >= 0.6 is 0 Å². The van der Waals surface area contributed by atoms with E-state index in [0.29, 0.717) is 12.1 Å². The lowest BCUT2D eigenvalue weighted by molar-refractivity contribution is 0.0939. The number of nitrogens with zero attached hydrogens (tertiary/aromatic N) is 4. The Bertz CT molecular complexity index is 835. The van der Waals surface area contributed by atoms with Crippen molar-refractivity contribution in [1.29, 1.82) is 0 Å². The van der Waals surface area contributed by atoms with Crippen LogP contribution in [-0.2, 0) is 13.6 Å². The summed E-state index contributed by atoms with van der Waals surface area (Å²) in [6.45, 7) is 4.61. The average molecular weight is 323 g/mol. The van der Waals surface area contributed by atoms with Gasteiger partial charge in [0.05, 0.1) is 18.8 Å². The molecule has 0 saturated carbocycles. The molecule has 1 unspecified atom stereocenters. The summed E-state index contributed by atoms with van der Waals surface area (Å²) in [6, 6.07) is 9.40. The van der Waals surface area contributed by atoms with Crippen molar-refractivity contribution in [1.82, 2.24) is 24.9 Å². The molecular weight excluding hydrogens is 302 g/mol. The molecule has 124 valence electrons. The largest absolute Gasteiger partial charge is 0.345 e. The van der Waals surface area contributed by atoms with Crippen LogP contribution in [0.3, 0.4) is 0 Å². The molecule has 1 N–H and O–H groups in total. The van der Waals surface area contributed by atoms with Crippen molar-refractivity contribution in [3.63, 3.8) is 0 Å². The van der Waals surface area contributed by atoms with Gasteiger partial charge < -0.3 is 5.32 Å². The Labute approximate surface area is 141 Å². The first kappa shape index (κ1) is 16.0. The minimum absolute atomic E-state index is 0.0898. The molecule has 2 aromatic heterocycles. The van der Waals surface area contributed by atoms with Crippen molar-refractivity contribution >= 4 is 5.91 Å². The molecule has 0 aliphatic rings. The van der Waals surface area contributed by atoms with Crippen molar-refractivity contribution in [3.8, 4) is 0 Å². The van der Waals surface area contributed by atoms with E-state index in [9.17, 15) is 4.79 Å². The van der Waals surface area contributed by atoms with Gasteiger partial charge >= 0.3 is 0 Å². The lowest BCUT2D eigenvalue weighted by Crippen LogP contribution is -2.27. The number of nitrogens with one attached hydrogen (secondary N) is 1. The zero-order chi connectivity index (χ0) is 17.1. The van der Waals surface area contributed by atoms with E-state index in [1.54, 1.807) is 12.4 Å². The fraction of sp³-hybridized carbons (Fsp3) is 0.278. The highest BCUT2D eigenvalue weighted by Crippen LogP contribution is 2.17. The first-order valence-corrected chi connectivity index (χ1v) is 7.90. The predicted octanol–water partition coefficient (Wildman–Crippen LogP) is 2.46. The van der Waals surface area contributed by atoms with Crippen LogP contribution in [-0.4, -0.2) is 25.5 Å². The molecular formula is C18H21N5O. The van der Waals surface area contributed by atoms with Gasteiger partial charge in [0.1, 0.15) is 0 Å². The molecule has 1 aromatic carbocycles. The number of aromatic nitrogens is 4. The first-order chi connectivity index (χ1) is 11.5. The van der Waals surface area contributed by atoms with Gasteiger partial charge in [0, 0.05) is 36.3 Å². The Morgan fingerprint density at radius 3 is 2.79 bits per heavy atom. The van der Waals surface area contributed by atoms with Crippen molar-refractivity contribution in [2.75, 3.05) is 0 Å². The predicted molar refractivity (Wildman–Crippen MR) is 91.6 cm³/mol. The van der Waals surface area contributed by atoms with Gasteiger partial charge in [0.25, 0.3) is 5.91 Å². The first-order valence-electron chi connectivity index (χ1n) is 7.90. The summed E-state index contributed by atoms with van der Waals surface area (Å²) >= 11 is 0. The third-order valence-electron chi connectivity index (χ3n) is 4.18. The second-order valence-corrected chi connectivity index (χ2v) is 5.91. The fourth-order valence-corrected chi connectivity index (χ4v) is 2.69. The van der Waals surface area contributed by atoms with Crippen LogP contribution in [0.5, 0.6) is 0 Å². The topological polar surface area (TPSA) is 64.7 Å². The highest BCUT2D eigenvalue weighted by atomic mass is 16.1. The van der Waals surface area contributed by atoms with E-state index >= 15 is 0 Å². The smallest absolute Gasteiger partial charge is 0.251 e. The summed E-state index contributed by atoms with van der Waals surface area (Å²) in [6.07, 6.45) is 5.45. The van der Waals surface area contributed by atoms with Crippen LogP contribution in [0.4, 0.5) is 0 Å². The van der Waals surface area contributed by atoms with Gasteiger partial charge in [-0.1, -0.05) is 12.1 Å². The molecule has 1 atom stereocenters. The number of carbonyl (C=O) groups excluding carboxylic acids is 1. The third kappa shape index (κ3) is 3.37. The molecule has 0 aliphatic carbocycles. The Morgan fingerprint density at radius 2 is 2.12 bits per heavy atom. The highest BCUT2D eigenvalue weighted by molar-refractivity contribution is 5.94. The van der Waals surface area contributed by atoms with E-state index in [-0.39, 0.29) is 11.9 Å². The molecule has 3 rings (SSSR count). The maximum Gasteiger partial charge on any atom is 0.251 e. The molecule has 6 heteroatoms. The molecule has 0 bridgehead atoms. The van der Waals surface area contributed by atoms with Crippen LogP contribution in [0.25, 0.3) is 0 Å². The summed E-state index contributed by atoms with van der Waals surface area (Å²) in [5.74, 6) is -0.0898. The van der Waals surface area contributed by atoms with Gasteiger partial charge in [-0.25, -0.2) is 0 Å². The average Bonchev–Trinajstić information content (AvgIpc) is 3.18. The summed E-state index contributed by atoms with van der Waals surface area (Å²) in [5.41, 5.74) is 3.76. The molecule has 3 aromatic rings. The van der Waals surface area contributed by atoms with Crippen molar-refractivity contribution < 1.29 is 4.79 Å². The zero-order valence-electron chi connectivity index (χ0n) is 14.1. The van der Waals surface area contributed by atoms with E-state index in [0.717, 1.165) is 16.8 Å². The minimum atomic E-state index is -0.0963. The molecule has 0 radical (unpaired) electrons. The molecule has 0 spiro atoms. The zero-order valence-corrected chi connectivity index (χ0v) is 14.1. The maximum absolute atomic E-state index is 12.5. The van der Waals surface area contributed by atoms with Crippen LogP contribution in [0.15, 0.2) is 48.9 Å². The number of benzene rings is 1.